The molecular weight excluding hydrogens is 654 g/mol. The van der Waals surface area contributed by atoms with Crippen LogP contribution in [0, 0.1) is 0 Å². The van der Waals surface area contributed by atoms with Crippen LogP contribution in [-0.4, -0.2) is 107 Å². The third kappa shape index (κ3) is 8.27. The number of aromatic nitrogens is 4. The molecule has 1 amide bonds. The molecule has 11 nitrogen and oxygen atoms in total. The first-order chi connectivity index (χ1) is 23.9. The van der Waals surface area contributed by atoms with Crippen molar-refractivity contribution in [2.45, 2.75) is 70.1 Å². The van der Waals surface area contributed by atoms with Gasteiger partial charge in [0.25, 0.3) is 0 Å². The standard InChI is InChI=1S/C37H48FN7O4Si/c1-36(12-13-36)49-29-10-11-31-30(20-29)34(45(41-31)27-47-18-19-50(2,3)4)32-21-33(40-26-39-32)44-24-37(38,25-44)23-42-14-16-43(17-15-42)35(46)48-22-28-8-6-5-7-9-28/h5-11,20-21,26H,12-19,22-25,27H2,1-4H3. The number of alkyl halides is 1. The van der Waals surface area contributed by atoms with Gasteiger partial charge in [0.2, 0.25) is 0 Å². The van der Waals surface area contributed by atoms with Crippen LogP contribution in [0.5, 0.6) is 5.75 Å². The molecule has 1 saturated carbocycles. The highest BCUT2D eigenvalue weighted by atomic mass is 28.3. The number of hydrogen-bond donors (Lipinski definition) is 0. The topological polar surface area (TPSA) is 98.1 Å². The number of carbonyl (C=O) groups is 1. The molecule has 266 valence electrons. The summed E-state index contributed by atoms with van der Waals surface area (Å²) in [6, 6.07) is 18.6. The monoisotopic (exact) mass is 701 g/mol. The molecular formula is C37H48FN7O4Si. The van der Waals surface area contributed by atoms with Gasteiger partial charge in [-0.05, 0) is 49.6 Å². The minimum absolute atomic E-state index is 0.107. The number of piperazine rings is 1. The number of benzene rings is 2. The second kappa shape index (κ2) is 13.9. The largest absolute Gasteiger partial charge is 0.488 e. The molecule has 1 aliphatic carbocycles. The number of anilines is 1. The minimum atomic E-state index is -1.37. The van der Waals surface area contributed by atoms with Gasteiger partial charge >= 0.3 is 6.09 Å². The number of hydrogen-bond acceptors (Lipinski definition) is 9. The van der Waals surface area contributed by atoms with Crippen LogP contribution in [0.25, 0.3) is 22.3 Å². The number of nitrogens with zero attached hydrogens (tertiary/aromatic N) is 7. The van der Waals surface area contributed by atoms with E-state index in [4.69, 9.17) is 19.3 Å². The quantitative estimate of drug-likeness (QED) is 0.119. The molecule has 0 radical (unpaired) electrons. The lowest BCUT2D eigenvalue weighted by Crippen LogP contribution is -2.65. The Morgan fingerprint density at radius 2 is 1.74 bits per heavy atom. The van der Waals surface area contributed by atoms with Gasteiger partial charge in [-0.1, -0.05) is 50.0 Å². The summed E-state index contributed by atoms with van der Waals surface area (Å²) in [4.78, 5) is 27.5. The Hall–Kier alpha value is -4.07. The molecule has 3 fully saturated rings. The van der Waals surface area contributed by atoms with E-state index >= 15 is 4.39 Å². The van der Waals surface area contributed by atoms with Crippen molar-refractivity contribution in [1.29, 1.82) is 0 Å². The minimum Gasteiger partial charge on any atom is -0.488 e. The number of ether oxygens (including phenoxy) is 3. The molecule has 0 N–H and O–H groups in total. The molecule has 2 aliphatic heterocycles. The second-order valence-corrected chi connectivity index (χ2v) is 21.1. The highest BCUT2D eigenvalue weighted by Gasteiger charge is 2.46. The summed E-state index contributed by atoms with van der Waals surface area (Å²) in [6.45, 7) is 13.4. The summed E-state index contributed by atoms with van der Waals surface area (Å²) in [7, 11) is -1.25. The molecule has 7 rings (SSSR count). The zero-order valence-electron chi connectivity index (χ0n) is 29.6. The summed E-state index contributed by atoms with van der Waals surface area (Å²) in [6.07, 6.45) is 3.30. The summed E-state index contributed by atoms with van der Waals surface area (Å²) >= 11 is 0. The maximum atomic E-state index is 16.0. The Balaban J connectivity index is 0.991. The van der Waals surface area contributed by atoms with Gasteiger partial charge < -0.3 is 24.0 Å². The highest BCUT2D eigenvalue weighted by molar-refractivity contribution is 6.76. The second-order valence-electron chi connectivity index (χ2n) is 15.5. The van der Waals surface area contributed by atoms with E-state index in [1.807, 2.05) is 64.2 Å². The van der Waals surface area contributed by atoms with Gasteiger partial charge in [0.1, 0.15) is 36.8 Å². The highest BCUT2D eigenvalue weighted by Crippen LogP contribution is 2.41. The van der Waals surface area contributed by atoms with E-state index in [1.165, 1.54) is 0 Å². The molecule has 0 unspecified atom stereocenters. The smallest absolute Gasteiger partial charge is 0.410 e. The molecule has 3 aliphatic rings. The Morgan fingerprint density at radius 1 is 0.980 bits per heavy atom. The number of rotatable bonds is 13. The van der Waals surface area contributed by atoms with Gasteiger partial charge in [-0.15, -0.1) is 0 Å². The third-order valence-corrected chi connectivity index (χ3v) is 11.5. The number of amides is 1. The number of halogens is 1. The molecule has 0 bridgehead atoms. The van der Waals surface area contributed by atoms with Crippen LogP contribution in [0.4, 0.5) is 15.0 Å². The molecule has 2 aromatic heterocycles. The predicted molar refractivity (Wildman–Crippen MR) is 194 cm³/mol. The molecule has 2 saturated heterocycles. The van der Waals surface area contributed by atoms with Crippen molar-refractivity contribution in [2.75, 3.05) is 57.3 Å². The first-order valence-electron chi connectivity index (χ1n) is 17.7. The van der Waals surface area contributed by atoms with Crippen LogP contribution in [-0.2, 0) is 22.8 Å². The molecule has 50 heavy (non-hydrogen) atoms. The van der Waals surface area contributed by atoms with Crippen molar-refractivity contribution < 1.29 is 23.4 Å². The van der Waals surface area contributed by atoms with E-state index in [-0.39, 0.29) is 31.4 Å². The van der Waals surface area contributed by atoms with Gasteiger partial charge in [0.15, 0.2) is 5.67 Å². The van der Waals surface area contributed by atoms with Gasteiger partial charge in [-0.2, -0.15) is 5.10 Å². The fraction of sp³-hybridized carbons (Fsp3) is 0.514. The lowest BCUT2D eigenvalue weighted by atomic mass is 9.95. The van der Waals surface area contributed by atoms with Gasteiger partial charge in [0.05, 0.1) is 30.0 Å². The summed E-state index contributed by atoms with van der Waals surface area (Å²) in [5, 5.41) is 5.82. The van der Waals surface area contributed by atoms with E-state index in [0.717, 1.165) is 46.8 Å². The maximum absolute atomic E-state index is 16.0. The zero-order valence-corrected chi connectivity index (χ0v) is 30.6. The Kier molecular flexibility index (Phi) is 9.57. The zero-order chi connectivity index (χ0) is 34.9. The molecule has 13 heteroatoms. The van der Waals surface area contributed by atoms with E-state index in [0.29, 0.717) is 57.6 Å². The van der Waals surface area contributed by atoms with Gasteiger partial charge in [-0.3, -0.25) is 4.90 Å². The summed E-state index contributed by atoms with van der Waals surface area (Å²) in [5.41, 5.74) is 1.84. The average molecular weight is 702 g/mol. The van der Waals surface area contributed by atoms with Crippen LogP contribution in [0.15, 0.2) is 60.9 Å². The fourth-order valence-corrected chi connectivity index (χ4v) is 7.24. The molecule has 4 aromatic rings. The molecule has 4 heterocycles. The Bertz CT molecular complexity index is 1800. The molecule has 0 spiro atoms. The van der Waals surface area contributed by atoms with Crippen LogP contribution in [0.1, 0.15) is 25.3 Å². The van der Waals surface area contributed by atoms with Crippen molar-refractivity contribution in [3.63, 3.8) is 0 Å². The number of carbonyl (C=O) groups excluding carboxylic acids is 1. The number of fused-ring (bicyclic) bond motifs is 1. The van der Waals surface area contributed by atoms with E-state index < -0.39 is 13.7 Å². The first kappa shape index (κ1) is 34.4. The first-order valence-corrected chi connectivity index (χ1v) is 21.4. The lowest BCUT2D eigenvalue weighted by Gasteiger charge is -2.48. The van der Waals surface area contributed by atoms with Crippen molar-refractivity contribution >= 4 is 30.9 Å². The summed E-state index contributed by atoms with van der Waals surface area (Å²) in [5.74, 6) is 1.48. The van der Waals surface area contributed by atoms with Crippen molar-refractivity contribution in [3.05, 3.63) is 66.5 Å². The summed E-state index contributed by atoms with van der Waals surface area (Å²) < 4.78 is 35.8. The fourth-order valence-electron chi connectivity index (χ4n) is 6.48. The van der Waals surface area contributed by atoms with Crippen molar-refractivity contribution in [2.24, 2.45) is 0 Å². The molecule has 2 aromatic carbocycles. The predicted octanol–water partition coefficient (Wildman–Crippen LogP) is 6.22. The normalized spacial score (nSPS) is 18.6. The lowest BCUT2D eigenvalue weighted by molar-refractivity contribution is 0.0312. The third-order valence-electron chi connectivity index (χ3n) is 9.75. The Labute approximate surface area is 294 Å². The van der Waals surface area contributed by atoms with Gasteiger partial charge in [-0.25, -0.2) is 23.8 Å². The van der Waals surface area contributed by atoms with E-state index in [1.54, 1.807) is 11.2 Å². The molecule has 0 atom stereocenters. The van der Waals surface area contributed by atoms with Crippen LogP contribution >= 0.6 is 0 Å². The average Bonchev–Trinajstić information content (AvgIpc) is 3.70. The van der Waals surface area contributed by atoms with Crippen LogP contribution in [0.2, 0.25) is 25.7 Å². The van der Waals surface area contributed by atoms with Gasteiger partial charge in [0, 0.05) is 58.9 Å². The van der Waals surface area contributed by atoms with Crippen LogP contribution in [0.3, 0.4) is 0 Å². The van der Waals surface area contributed by atoms with Crippen molar-refractivity contribution in [1.82, 2.24) is 29.5 Å². The van der Waals surface area contributed by atoms with Crippen LogP contribution < -0.4 is 9.64 Å². The Morgan fingerprint density at radius 3 is 2.46 bits per heavy atom. The SMILES string of the molecule is CC1(Oc2ccc3nn(COCC[Si](C)(C)C)c(-c4cc(N5CC(F)(CN6CCN(C(=O)OCc7ccccc7)CC6)C5)ncn4)c3c2)CC1. The maximum Gasteiger partial charge on any atom is 0.410 e. The van der Waals surface area contributed by atoms with E-state index in [9.17, 15) is 4.79 Å². The van der Waals surface area contributed by atoms with E-state index in [2.05, 4.69) is 41.4 Å². The van der Waals surface area contributed by atoms with Crippen molar-refractivity contribution in [3.8, 4) is 17.1 Å².